The van der Waals surface area contributed by atoms with Crippen molar-refractivity contribution in [1.82, 2.24) is 5.32 Å². The van der Waals surface area contributed by atoms with Crippen molar-refractivity contribution in [1.29, 1.82) is 0 Å². The quantitative estimate of drug-likeness (QED) is 0.844. The first-order valence-electron chi connectivity index (χ1n) is 6.22. The molecule has 0 saturated heterocycles. The fraction of sp³-hybridized carbons (Fsp3) is 0.429. The van der Waals surface area contributed by atoms with Gasteiger partial charge >= 0.3 is 5.97 Å². The van der Waals surface area contributed by atoms with Crippen molar-refractivity contribution < 1.29 is 14.7 Å². The van der Waals surface area contributed by atoms with E-state index in [1.165, 1.54) is 0 Å². The van der Waals surface area contributed by atoms with Gasteiger partial charge in [0, 0.05) is 16.6 Å². The van der Waals surface area contributed by atoms with Crippen LogP contribution in [0.15, 0.2) is 22.7 Å². The Morgan fingerprint density at radius 1 is 1.42 bits per heavy atom. The molecule has 4 nitrogen and oxygen atoms in total. The van der Waals surface area contributed by atoms with Crippen LogP contribution in [0.25, 0.3) is 0 Å². The van der Waals surface area contributed by atoms with Crippen molar-refractivity contribution >= 4 is 27.8 Å². The van der Waals surface area contributed by atoms with Crippen LogP contribution in [0.1, 0.15) is 35.7 Å². The lowest BCUT2D eigenvalue weighted by Crippen LogP contribution is -2.33. The van der Waals surface area contributed by atoms with E-state index in [0.717, 1.165) is 16.5 Å². The number of amides is 1. The SMILES string of the molecule is CCCC(CNC(=O)c1ccc(Br)cc1C)C(=O)O. The number of benzene rings is 1. The maximum atomic E-state index is 12.0. The van der Waals surface area contributed by atoms with Gasteiger partial charge in [-0.2, -0.15) is 0 Å². The summed E-state index contributed by atoms with van der Waals surface area (Å²) in [6.45, 7) is 3.94. The topological polar surface area (TPSA) is 66.4 Å². The zero-order valence-corrected chi connectivity index (χ0v) is 12.7. The van der Waals surface area contributed by atoms with Crippen molar-refractivity contribution in [2.45, 2.75) is 26.7 Å². The molecule has 2 N–H and O–H groups in total. The number of carbonyl (C=O) groups is 2. The fourth-order valence-electron chi connectivity index (χ4n) is 1.85. The maximum absolute atomic E-state index is 12.0. The lowest BCUT2D eigenvalue weighted by molar-refractivity contribution is -0.141. The van der Waals surface area contributed by atoms with Gasteiger partial charge in [-0.05, 0) is 37.1 Å². The van der Waals surface area contributed by atoms with E-state index in [9.17, 15) is 9.59 Å². The summed E-state index contributed by atoms with van der Waals surface area (Å²) >= 11 is 3.34. The molecule has 1 aromatic carbocycles. The van der Waals surface area contributed by atoms with Gasteiger partial charge < -0.3 is 10.4 Å². The fourth-order valence-corrected chi connectivity index (χ4v) is 2.33. The smallest absolute Gasteiger partial charge is 0.308 e. The Labute approximate surface area is 121 Å². The average Bonchev–Trinajstić information content (AvgIpc) is 2.33. The van der Waals surface area contributed by atoms with Crippen LogP contribution in [0.3, 0.4) is 0 Å². The third-order valence-electron chi connectivity index (χ3n) is 2.93. The molecule has 1 amide bonds. The molecule has 0 fully saturated rings. The second-order valence-electron chi connectivity index (χ2n) is 4.49. The van der Waals surface area contributed by atoms with Crippen LogP contribution in [0.2, 0.25) is 0 Å². The summed E-state index contributed by atoms with van der Waals surface area (Å²) < 4.78 is 0.913. The number of nitrogens with one attached hydrogen (secondary N) is 1. The highest BCUT2D eigenvalue weighted by Crippen LogP contribution is 2.16. The second kappa shape index (κ2) is 7.28. The number of carboxylic acids is 1. The van der Waals surface area contributed by atoms with Gasteiger partial charge in [0.15, 0.2) is 0 Å². The minimum atomic E-state index is -0.866. The molecule has 1 aromatic rings. The number of aryl methyl sites for hydroxylation is 1. The van der Waals surface area contributed by atoms with Crippen LogP contribution >= 0.6 is 15.9 Å². The Morgan fingerprint density at radius 2 is 2.11 bits per heavy atom. The van der Waals surface area contributed by atoms with Crippen LogP contribution < -0.4 is 5.32 Å². The molecular weight excluding hydrogens is 310 g/mol. The van der Waals surface area contributed by atoms with E-state index in [1.807, 2.05) is 19.9 Å². The van der Waals surface area contributed by atoms with Gasteiger partial charge in [0.25, 0.3) is 5.91 Å². The molecular formula is C14H18BrNO3. The number of hydrogen-bond acceptors (Lipinski definition) is 2. The van der Waals surface area contributed by atoms with Gasteiger partial charge in [0.05, 0.1) is 5.92 Å². The molecule has 0 aliphatic rings. The zero-order chi connectivity index (χ0) is 14.4. The molecule has 5 heteroatoms. The predicted molar refractivity (Wildman–Crippen MR) is 77.2 cm³/mol. The Hall–Kier alpha value is -1.36. The van der Waals surface area contributed by atoms with E-state index in [4.69, 9.17) is 5.11 Å². The molecule has 1 unspecified atom stereocenters. The highest BCUT2D eigenvalue weighted by Gasteiger charge is 2.18. The summed E-state index contributed by atoms with van der Waals surface area (Å²) in [5.74, 6) is -1.62. The van der Waals surface area contributed by atoms with Gasteiger partial charge in [0.1, 0.15) is 0 Å². The minimum Gasteiger partial charge on any atom is -0.481 e. The van der Waals surface area contributed by atoms with Crippen molar-refractivity contribution in [3.63, 3.8) is 0 Å². The third kappa shape index (κ3) is 4.67. The van der Waals surface area contributed by atoms with Crippen molar-refractivity contribution in [2.24, 2.45) is 5.92 Å². The first kappa shape index (κ1) is 15.7. The normalized spacial score (nSPS) is 11.9. The number of rotatable bonds is 6. The largest absolute Gasteiger partial charge is 0.481 e. The monoisotopic (exact) mass is 327 g/mol. The van der Waals surface area contributed by atoms with E-state index >= 15 is 0 Å². The zero-order valence-electron chi connectivity index (χ0n) is 11.1. The van der Waals surface area contributed by atoms with E-state index < -0.39 is 11.9 Å². The van der Waals surface area contributed by atoms with Gasteiger partial charge in [-0.15, -0.1) is 0 Å². The standard InChI is InChI=1S/C14H18BrNO3/c1-3-4-10(14(18)19)8-16-13(17)12-6-5-11(15)7-9(12)2/h5-7,10H,3-4,8H2,1-2H3,(H,16,17)(H,18,19). The van der Waals surface area contributed by atoms with Gasteiger partial charge in [-0.1, -0.05) is 29.3 Å². The summed E-state index contributed by atoms with van der Waals surface area (Å²) in [6.07, 6.45) is 1.35. The summed E-state index contributed by atoms with van der Waals surface area (Å²) in [5.41, 5.74) is 1.43. The minimum absolute atomic E-state index is 0.164. The molecule has 0 aliphatic heterocycles. The molecule has 19 heavy (non-hydrogen) atoms. The first-order valence-corrected chi connectivity index (χ1v) is 7.02. The van der Waals surface area contributed by atoms with Crippen LogP contribution in [-0.4, -0.2) is 23.5 Å². The second-order valence-corrected chi connectivity index (χ2v) is 5.41. The van der Waals surface area contributed by atoms with Crippen molar-refractivity contribution in [3.05, 3.63) is 33.8 Å². The maximum Gasteiger partial charge on any atom is 0.308 e. The molecule has 0 heterocycles. The molecule has 0 bridgehead atoms. The molecule has 0 radical (unpaired) electrons. The van der Waals surface area contributed by atoms with Crippen LogP contribution in [0, 0.1) is 12.8 Å². The number of halogens is 1. The van der Waals surface area contributed by atoms with Crippen molar-refractivity contribution in [3.8, 4) is 0 Å². The van der Waals surface area contributed by atoms with E-state index in [-0.39, 0.29) is 12.5 Å². The molecule has 0 aliphatic carbocycles. The van der Waals surface area contributed by atoms with E-state index in [1.54, 1.807) is 12.1 Å². The number of carbonyl (C=O) groups excluding carboxylic acids is 1. The molecule has 1 atom stereocenters. The third-order valence-corrected chi connectivity index (χ3v) is 3.42. The van der Waals surface area contributed by atoms with Crippen LogP contribution in [-0.2, 0) is 4.79 Å². The van der Waals surface area contributed by atoms with Gasteiger partial charge in [-0.3, -0.25) is 9.59 Å². The molecule has 0 saturated carbocycles. The Morgan fingerprint density at radius 3 is 2.63 bits per heavy atom. The molecule has 0 spiro atoms. The number of hydrogen-bond donors (Lipinski definition) is 2. The molecule has 1 rings (SSSR count). The van der Waals surface area contributed by atoms with Gasteiger partial charge in [-0.25, -0.2) is 0 Å². The summed E-state index contributed by atoms with van der Waals surface area (Å²) in [6, 6.07) is 5.38. The molecule has 104 valence electrons. The Bertz CT molecular complexity index is 474. The average molecular weight is 328 g/mol. The number of carboxylic acid groups (broad SMARTS) is 1. The van der Waals surface area contributed by atoms with Gasteiger partial charge in [0.2, 0.25) is 0 Å². The summed E-state index contributed by atoms with van der Waals surface area (Å²) in [4.78, 5) is 23.0. The van der Waals surface area contributed by atoms with E-state index in [0.29, 0.717) is 12.0 Å². The van der Waals surface area contributed by atoms with E-state index in [2.05, 4.69) is 21.2 Å². The van der Waals surface area contributed by atoms with Crippen LogP contribution in [0.4, 0.5) is 0 Å². The predicted octanol–water partition coefficient (Wildman–Crippen LogP) is 2.99. The lowest BCUT2D eigenvalue weighted by atomic mass is 10.0. The highest BCUT2D eigenvalue weighted by atomic mass is 79.9. The lowest BCUT2D eigenvalue weighted by Gasteiger charge is -2.13. The molecule has 0 aromatic heterocycles. The summed E-state index contributed by atoms with van der Waals surface area (Å²) in [5, 5.41) is 11.7. The Balaban J connectivity index is 2.66. The summed E-state index contributed by atoms with van der Waals surface area (Å²) in [7, 11) is 0. The van der Waals surface area contributed by atoms with Crippen molar-refractivity contribution in [2.75, 3.05) is 6.54 Å². The Kier molecular flexibility index (Phi) is 6.02. The van der Waals surface area contributed by atoms with Crippen LogP contribution in [0.5, 0.6) is 0 Å². The first-order chi connectivity index (χ1) is 8.95. The highest BCUT2D eigenvalue weighted by molar-refractivity contribution is 9.10. The number of aliphatic carboxylic acids is 1.